The van der Waals surface area contributed by atoms with Crippen molar-refractivity contribution in [2.45, 2.75) is 32.5 Å². The summed E-state index contributed by atoms with van der Waals surface area (Å²) in [6.07, 6.45) is 3.75. The van der Waals surface area contributed by atoms with Crippen LogP contribution in [0.25, 0.3) is 6.08 Å². The van der Waals surface area contributed by atoms with Gasteiger partial charge in [0.25, 0.3) is 0 Å². The maximum Gasteiger partial charge on any atom is 0.302 e. The molecule has 0 aliphatic rings. The van der Waals surface area contributed by atoms with Crippen molar-refractivity contribution < 1.29 is 19.4 Å². The van der Waals surface area contributed by atoms with Crippen LogP contribution in [0, 0.1) is 0 Å². The minimum atomic E-state index is -0.329. The lowest BCUT2D eigenvalue weighted by molar-refractivity contribution is -0.147. The van der Waals surface area contributed by atoms with Gasteiger partial charge in [0.1, 0.15) is 6.10 Å². The van der Waals surface area contributed by atoms with Crippen LogP contribution in [0.5, 0.6) is 0 Å². The summed E-state index contributed by atoms with van der Waals surface area (Å²) in [6.45, 7) is 3.47. The lowest BCUT2D eigenvalue weighted by Crippen LogP contribution is -2.25. The van der Waals surface area contributed by atoms with Gasteiger partial charge in [-0.25, -0.2) is 0 Å². The fraction of sp³-hybridized carbons (Fsp3) is 0.438. The summed E-state index contributed by atoms with van der Waals surface area (Å²) in [5.41, 5.74) is 1.10. The van der Waals surface area contributed by atoms with Crippen LogP contribution in [-0.4, -0.2) is 36.5 Å². The molecular formula is C16H22O4. The molecule has 0 aliphatic heterocycles. The fourth-order valence-electron chi connectivity index (χ4n) is 1.84. The Bertz CT molecular complexity index is 414. The van der Waals surface area contributed by atoms with E-state index in [9.17, 15) is 9.90 Å². The number of esters is 1. The van der Waals surface area contributed by atoms with Crippen LogP contribution < -0.4 is 0 Å². The Morgan fingerprint density at radius 2 is 2.05 bits per heavy atom. The van der Waals surface area contributed by atoms with Crippen LogP contribution in [0.3, 0.4) is 0 Å². The first-order valence-corrected chi connectivity index (χ1v) is 6.73. The molecule has 4 nitrogen and oxygen atoms in total. The van der Waals surface area contributed by atoms with E-state index in [0.717, 1.165) is 5.56 Å². The predicted molar refractivity (Wildman–Crippen MR) is 78.1 cm³/mol. The van der Waals surface area contributed by atoms with E-state index in [0.29, 0.717) is 13.0 Å². The third-order valence-electron chi connectivity index (χ3n) is 2.70. The first-order valence-electron chi connectivity index (χ1n) is 6.73. The van der Waals surface area contributed by atoms with Crippen molar-refractivity contribution in [3.8, 4) is 0 Å². The molecule has 0 aromatic heterocycles. The van der Waals surface area contributed by atoms with Crippen molar-refractivity contribution in [2.24, 2.45) is 0 Å². The maximum atomic E-state index is 10.8. The number of aliphatic hydroxyl groups is 1. The molecule has 0 aliphatic carbocycles. The molecule has 0 fully saturated rings. The van der Waals surface area contributed by atoms with Crippen LogP contribution in [0.1, 0.15) is 25.8 Å². The number of benzene rings is 1. The standard InChI is InChI=1S/C16H22O4/c1-13(20-14(2)18)11-16(12-17)19-10-6-9-15-7-4-3-5-8-15/h3-9,13,16-17H,10-12H2,1-2H3/b9-6+. The third-order valence-corrected chi connectivity index (χ3v) is 2.70. The van der Waals surface area contributed by atoms with Gasteiger partial charge < -0.3 is 14.6 Å². The quantitative estimate of drug-likeness (QED) is 0.742. The van der Waals surface area contributed by atoms with Crippen molar-refractivity contribution >= 4 is 12.0 Å². The number of carbonyl (C=O) groups excluding carboxylic acids is 1. The van der Waals surface area contributed by atoms with Crippen molar-refractivity contribution in [2.75, 3.05) is 13.2 Å². The number of hydrogen-bond donors (Lipinski definition) is 1. The zero-order chi connectivity index (χ0) is 14.8. The molecule has 1 aromatic carbocycles. The molecule has 0 radical (unpaired) electrons. The van der Waals surface area contributed by atoms with Gasteiger partial charge in [0.2, 0.25) is 0 Å². The lowest BCUT2D eigenvalue weighted by atomic mass is 10.2. The highest BCUT2D eigenvalue weighted by atomic mass is 16.5. The van der Waals surface area contributed by atoms with E-state index >= 15 is 0 Å². The maximum absolute atomic E-state index is 10.8. The van der Waals surface area contributed by atoms with Crippen molar-refractivity contribution in [3.05, 3.63) is 42.0 Å². The van der Waals surface area contributed by atoms with Gasteiger partial charge in [-0.2, -0.15) is 0 Å². The molecule has 0 saturated heterocycles. The van der Waals surface area contributed by atoms with Crippen molar-refractivity contribution in [3.63, 3.8) is 0 Å². The molecule has 2 unspecified atom stereocenters. The molecule has 0 saturated carbocycles. The molecule has 1 rings (SSSR count). The van der Waals surface area contributed by atoms with Crippen LogP contribution in [0.4, 0.5) is 0 Å². The second-order valence-corrected chi connectivity index (χ2v) is 4.61. The Kier molecular flexibility index (Phi) is 7.62. The highest BCUT2D eigenvalue weighted by molar-refractivity contribution is 5.66. The minimum Gasteiger partial charge on any atom is -0.463 e. The molecule has 0 heterocycles. The first kappa shape index (κ1) is 16.4. The van der Waals surface area contributed by atoms with Crippen molar-refractivity contribution in [1.29, 1.82) is 0 Å². The highest BCUT2D eigenvalue weighted by Gasteiger charge is 2.14. The van der Waals surface area contributed by atoms with Gasteiger partial charge in [0, 0.05) is 13.3 Å². The van der Waals surface area contributed by atoms with Gasteiger partial charge in [-0.15, -0.1) is 0 Å². The topological polar surface area (TPSA) is 55.8 Å². The Labute approximate surface area is 120 Å². The van der Waals surface area contributed by atoms with E-state index in [-0.39, 0.29) is 24.8 Å². The van der Waals surface area contributed by atoms with E-state index in [1.807, 2.05) is 42.5 Å². The second-order valence-electron chi connectivity index (χ2n) is 4.61. The van der Waals surface area contributed by atoms with Gasteiger partial charge in [0.05, 0.1) is 19.3 Å². The summed E-state index contributed by atoms with van der Waals surface area (Å²) < 4.78 is 10.5. The SMILES string of the molecule is CC(=O)OC(C)CC(CO)OC/C=C/c1ccccc1. The van der Waals surface area contributed by atoms with Gasteiger partial charge in [-0.1, -0.05) is 42.5 Å². The number of hydrogen-bond acceptors (Lipinski definition) is 4. The van der Waals surface area contributed by atoms with Gasteiger partial charge in [-0.05, 0) is 12.5 Å². The molecule has 1 N–H and O–H groups in total. The van der Waals surface area contributed by atoms with Gasteiger partial charge in [-0.3, -0.25) is 4.79 Å². The highest BCUT2D eigenvalue weighted by Crippen LogP contribution is 2.07. The predicted octanol–water partition coefficient (Wildman–Crippen LogP) is 2.42. The van der Waals surface area contributed by atoms with E-state index in [4.69, 9.17) is 9.47 Å². The summed E-state index contributed by atoms with van der Waals surface area (Å²) >= 11 is 0. The Hall–Kier alpha value is -1.65. The van der Waals surface area contributed by atoms with Crippen molar-refractivity contribution in [1.82, 2.24) is 0 Å². The molecule has 1 aromatic rings. The molecule has 0 spiro atoms. The van der Waals surface area contributed by atoms with E-state index in [1.54, 1.807) is 6.92 Å². The molecule has 0 amide bonds. The van der Waals surface area contributed by atoms with Crippen LogP contribution >= 0.6 is 0 Å². The van der Waals surface area contributed by atoms with Gasteiger partial charge >= 0.3 is 5.97 Å². The van der Waals surface area contributed by atoms with E-state index < -0.39 is 0 Å². The summed E-state index contributed by atoms with van der Waals surface area (Å²) in [5.74, 6) is -0.321. The van der Waals surface area contributed by atoms with Gasteiger partial charge in [0.15, 0.2) is 0 Å². The smallest absolute Gasteiger partial charge is 0.302 e. The minimum absolute atomic E-state index is 0.0925. The van der Waals surface area contributed by atoms with E-state index in [2.05, 4.69) is 0 Å². The zero-order valence-corrected chi connectivity index (χ0v) is 12.0. The Morgan fingerprint density at radius 3 is 2.65 bits per heavy atom. The van der Waals surface area contributed by atoms with E-state index in [1.165, 1.54) is 6.92 Å². The lowest BCUT2D eigenvalue weighted by Gasteiger charge is -2.18. The zero-order valence-electron chi connectivity index (χ0n) is 12.0. The summed E-state index contributed by atoms with van der Waals surface area (Å²) in [6, 6.07) is 9.91. The first-order chi connectivity index (χ1) is 9.61. The summed E-state index contributed by atoms with van der Waals surface area (Å²) in [7, 11) is 0. The monoisotopic (exact) mass is 278 g/mol. The average Bonchev–Trinajstić information content (AvgIpc) is 2.42. The fourth-order valence-corrected chi connectivity index (χ4v) is 1.84. The number of carbonyl (C=O) groups is 1. The van der Waals surface area contributed by atoms with Crippen LogP contribution in [0.15, 0.2) is 36.4 Å². The van der Waals surface area contributed by atoms with Crippen LogP contribution in [0.2, 0.25) is 0 Å². The number of aliphatic hydroxyl groups excluding tert-OH is 1. The molecule has 4 heteroatoms. The molecule has 20 heavy (non-hydrogen) atoms. The third kappa shape index (κ3) is 7.07. The normalized spacial score (nSPS) is 14.2. The van der Waals surface area contributed by atoms with Crippen LogP contribution in [-0.2, 0) is 14.3 Å². The second kappa shape index (κ2) is 9.28. The Morgan fingerprint density at radius 1 is 1.35 bits per heavy atom. The number of ether oxygens (including phenoxy) is 2. The molecule has 110 valence electrons. The Balaban J connectivity index is 2.31. The molecule has 2 atom stereocenters. The largest absolute Gasteiger partial charge is 0.463 e. The number of rotatable bonds is 8. The average molecular weight is 278 g/mol. The summed E-state index contributed by atoms with van der Waals surface area (Å²) in [4.78, 5) is 10.8. The molecule has 0 bridgehead atoms. The molecular weight excluding hydrogens is 256 g/mol. The summed E-state index contributed by atoms with van der Waals surface area (Å²) in [5, 5.41) is 9.24.